The first-order valence-electron chi connectivity index (χ1n) is 7.35. The van der Waals surface area contributed by atoms with Gasteiger partial charge in [-0.3, -0.25) is 9.80 Å². The van der Waals surface area contributed by atoms with Gasteiger partial charge in [0.1, 0.15) is 0 Å². The minimum absolute atomic E-state index is 0.0176. The number of rotatable bonds is 7. The summed E-state index contributed by atoms with van der Waals surface area (Å²) in [5.74, 6) is 0. The van der Waals surface area contributed by atoms with Crippen LogP contribution in [-0.2, 0) is 0 Å². The van der Waals surface area contributed by atoms with E-state index in [0.717, 1.165) is 58.9 Å². The maximum Gasteiger partial charge on any atom is 0.317 e. The van der Waals surface area contributed by atoms with E-state index in [-0.39, 0.29) is 6.03 Å². The summed E-state index contributed by atoms with van der Waals surface area (Å²) in [5, 5.41) is 15.0. The number of hydrogen-bond acceptors (Lipinski definition) is 5. The van der Waals surface area contributed by atoms with Gasteiger partial charge in [-0.15, -0.1) is 0 Å². The molecule has 2 heterocycles. The van der Waals surface area contributed by atoms with Crippen LogP contribution in [0.25, 0.3) is 0 Å². The average Bonchev–Trinajstić information content (AvgIpc) is 2.88. The molecule has 0 bridgehead atoms. The monoisotopic (exact) mass is 280 g/mol. The largest absolute Gasteiger partial charge is 0.336 e. The Hall–Kier alpha value is -1.36. The van der Waals surface area contributed by atoms with Gasteiger partial charge in [0.2, 0.25) is 0 Å². The average molecular weight is 280 g/mol. The molecular weight excluding hydrogens is 256 g/mol. The molecule has 112 valence electrons. The van der Waals surface area contributed by atoms with Crippen molar-refractivity contribution in [3.8, 4) is 6.07 Å². The number of hydrogen-bond donors (Lipinski definition) is 2. The summed E-state index contributed by atoms with van der Waals surface area (Å²) in [6.45, 7) is 9.55. The van der Waals surface area contributed by atoms with Crippen molar-refractivity contribution in [3.63, 3.8) is 0 Å². The van der Waals surface area contributed by atoms with E-state index in [4.69, 9.17) is 5.26 Å². The standard InChI is InChI=1S/C13H24N6O/c14-1-5-17(9-10-18-6-2-15-3-7-18)11-12-19-8-4-16-13(19)20/h15H,2-12H2,(H,16,20). The Kier molecular flexibility index (Phi) is 6.05. The summed E-state index contributed by atoms with van der Waals surface area (Å²) in [7, 11) is 0. The van der Waals surface area contributed by atoms with Crippen molar-refractivity contribution in [2.24, 2.45) is 0 Å². The van der Waals surface area contributed by atoms with Gasteiger partial charge < -0.3 is 15.5 Å². The van der Waals surface area contributed by atoms with Gasteiger partial charge in [-0.2, -0.15) is 5.26 Å². The van der Waals surface area contributed by atoms with Crippen molar-refractivity contribution in [1.82, 2.24) is 25.3 Å². The van der Waals surface area contributed by atoms with Crippen LogP contribution in [0.5, 0.6) is 0 Å². The quantitative estimate of drug-likeness (QED) is 0.570. The molecule has 2 fully saturated rings. The molecule has 0 atom stereocenters. The van der Waals surface area contributed by atoms with E-state index in [1.807, 2.05) is 4.90 Å². The first-order chi connectivity index (χ1) is 9.79. The molecule has 7 heteroatoms. The van der Waals surface area contributed by atoms with Gasteiger partial charge in [0.15, 0.2) is 0 Å². The smallest absolute Gasteiger partial charge is 0.317 e. The van der Waals surface area contributed by atoms with Gasteiger partial charge >= 0.3 is 6.03 Å². The number of urea groups is 1. The minimum atomic E-state index is 0.0176. The summed E-state index contributed by atoms with van der Waals surface area (Å²) < 4.78 is 0. The number of nitrogens with zero attached hydrogens (tertiary/aromatic N) is 4. The Morgan fingerprint density at radius 1 is 1.15 bits per heavy atom. The molecule has 0 aromatic heterocycles. The van der Waals surface area contributed by atoms with Crippen molar-refractivity contribution in [2.75, 3.05) is 72.0 Å². The van der Waals surface area contributed by atoms with Crippen molar-refractivity contribution in [1.29, 1.82) is 5.26 Å². The highest BCUT2D eigenvalue weighted by atomic mass is 16.2. The highest BCUT2D eigenvalue weighted by Gasteiger charge is 2.20. The fraction of sp³-hybridized carbons (Fsp3) is 0.846. The number of nitrogens with one attached hydrogen (secondary N) is 2. The molecule has 0 saturated carbocycles. The molecule has 0 aromatic rings. The Balaban J connectivity index is 1.69. The topological polar surface area (TPSA) is 74.6 Å². The normalized spacial score (nSPS) is 20.2. The number of amides is 2. The maximum absolute atomic E-state index is 11.5. The fourth-order valence-electron chi connectivity index (χ4n) is 2.57. The van der Waals surface area contributed by atoms with Crippen LogP contribution >= 0.6 is 0 Å². The molecule has 2 aliphatic heterocycles. The van der Waals surface area contributed by atoms with E-state index in [1.165, 1.54) is 0 Å². The van der Waals surface area contributed by atoms with Gasteiger partial charge in [-0.25, -0.2) is 4.79 Å². The molecule has 0 spiro atoms. The van der Waals surface area contributed by atoms with E-state index < -0.39 is 0 Å². The van der Waals surface area contributed by atoms with E-state index in [0.29, 0.717) is 13.1 Å². The molecule has 0 aliphatic carbocycles. The molecular formula is C13H24N6O. The second kappa shape index (κ2) is 8.04. The molecule has 20 heavy (non-hydrogen) atoms. The molecule has 0 radical (unpaired) electrons. The number of piperazine rings is 1. The highest BCUT2D eigenvalue weighted by molar-refractivity contribution is 5.76. The molecule has 2 rings (SSSR count). The van der Waals surface area contributed by atoms with Crippen LogP contribution in [0.1, 0.15) is 0 Å². The number of carbonyl (C=O) groups excluding carboxylic acids is 1. The second-order valence-electron chi connectivity index (χ2n) is 5.24. The zero-order valence-electron chi connectivity index (χ0n) is 12.0. The highest BCUT2D eigenvalue weighted by Crippen LogP contribution is 1.99. The third-order valence-electron chi connectivity index (χ3n) is 3.87. The van der Waals surface area contributed by atoms with Crippen LogP contribution in [0.4, 0.5) is 4.79 Å². The van der Waals surface area contributed by atoms with Crippen LogP contribution in [0.15, 0.2) is 0 Å². The molecule has 2 N–H and O–H groups in total. The number of carbonyl (C=O) groups is 1. The molecule has 7 nitrogen and oxygen atoms in total. The zero-order chi connectivity index (χ0) is 14.2. The van der Waals surface area contributed by atoms with Crippen LogP contribution in [-0.4, -0.2) is 92.7 Å². The maximum atomic E-state index is 11.5. The lowest BCUT2D eigenvalue weighted by Gasteiger charge is -2.30. The van der Waals surface area contributed by atoms with Crippen molar-refractivity contribution in [2.45, 2.75) is 0 Å². The van der Waals surface area contributed by atoms with Gasteiger partial charge in [-0.05, 0) is 0 Å². The molecule has 2 amide bonds. The predicted octanol–water partition coefficient (Wildman–Crippen LogP) is -1.26. The van der Waals surface area contributed by atoms with E-state index in [1.54, 1.807) is 0 Å². The summed E-state index contributed by atoms with van der Waals surface area (Å²) in [4.78, 5) is 17.8. The molecule has 0 unspecified atom stereocenters. The third-order valence-corrected chi connectivity index (χ3v) is 3.87. The van der Waals surface area contributed by atoms with Crippen LogP contribution in [0.2, 0.25) is 0 Å². The zero-order valence-corrected chi connectivity index (χ0v) is 12.0. The minimum Gasteiger partial charge on any atom is -0.336 e. The van der Waals surface area contributed by atoms with Gasteiger partial charge in [0.25, 0.3) is 0 Å². The Morgan fingerprint density at radius 2 is 1.90 bits per heavy atom. The second-order valence-corrected chi connectivity index (χ2v) is 5.24. The molecule has 2 aliphatic rings. The van der Waals surface area contributed by atoms with Gasteiger partial charge in [0.05, 0.1) is 12.6 Å². The Morgan fingerprint density at radius 3 is 2.55 bits per heavy atom. The fourth-order valence-corrected chi connectivity index (χ4v) is 2.57. The first-order valence-corrected chi connectivity index (χ1v) is 7.35. The lowest BCUT2D eigenvalue weighted by molar-refractivity contribution is 0.182. The Bertz CT molecular complexity index is 349. The van der Waals surface area contributed by atoms with Crippen LogP contribution < -0.4 is 10.6 Å². The molecule has 2 saturated heterocycles. The van der Waals surface area contributed by atoms with Gasteiger partial charge in [-0.1, -0.05) is 0 Å². The predicted molar refractivity (Wildman–Crippen MR) is 76.3 cm³/mol. The lowest BCUT2D eigenvalue weighted by atomic mass is 10.3. The summed E-state index contributed by atoms with van der Waals surface area (Å²) in [6, 6.07) is 2.24. The summed E-state index contributed by atoms with van der Waals surface area (Å²) >= 11 is 0. The Labute approximate surface area is 120 Å². The first kappa shape index (κ1) is 15.0. The van der Waals surface area contributed by atoms with Crippen LogP contribution in [0, 0.1) is 11.3 Å². The van der Waals surface area contributed by atoms with Crippen molar-refractivity contribution < 1.29 is 4.79 Å². The van der Waals surface area contributed by atoms with Gasteiger partial charge in [0, 0.05) is 65.4 Å². The van der Waals surface area contributed by atoms with Crippen LogP contribution in [0.3, 0.4) is 0 Å². The summed E-state index contributed by atoms with van der Waals surface area (Å²) in [6.07, 6.45) is 0. The lowest BCUT2D eigenvalue weighted by Crippen LogP contribution is -2.47. The third kappa shape index (κ3) is 4.63. The SMILES string of the molecule is N#CCN(CCN1CCNCC1)CCN1CCNC1=O. The van der Waals surface area contributed by atoms with E-state index >= 15 is 0 Å². The van der Waals surface area contributed by atoms with E-state index in [9.17, 15) is 4.79 Å². The van der Waals surface area contributed by atoms with Crippen molar-refractivity contribution >= 4 is 6.03 Å². The van der Waals surface area contributed by atoms with Crippen molar-refractivity contribution in [3.05, 3.63) is 0 Å². The number of nitriles is 1. The summed E-state index contributed by atoms with van der Waals surface area (Å²) in [5.41, 5.74) is 0. The molecule has 0 aromatic carbocycles. The van der Waals surface area contributed by atoms with E-state index in [2.05, 4.69) is 26.5 Å².